The molecule has 0 radical (unpaired) electrons. The predicted octanol–water partition coefficient (Wildman–Crippen LogP) is 2.43. The van der Waals surface area contributed by atoms with E-state index in [-0.39, 0.29) is 5.82 Å². The van der Waals surface area contributed by atoms with Crippen LogP contribution < -0.4 is 5.32 Å². The standard InChI is InChI=1S/C14H18FN3OS/c1-10-3-4-11(12(15)9-10)14-18-17-13(20-14)5-6-16-7-8-19-2/h3-4,9,16H,5-8H2,1-2H3. The maximum absolute atomic E-state index is 13.8. The van der Waals surface area contributed by atoms with Gasteiger partial charge in [-0.2, -0.15) is 0 Å². The van der Waals surface area contributed by atoms with E-state index in [1.165, 1.54) is 17.4 Å². The molecule has 0 aliphatic carbocycles. The van der Waals surface area contributed by atoms with Crippen LogP contribution in [0.15, 0.2) is 18.2 Å². The summed E-state index contributed by atoms with van der Waals surface area (Å²) >= 11 is 1.44. The Morgan fingerprint density at radius 3 is 2.90 bits per heavy atom. The number of rotatable bonds is 7. The van der Waals surface area contributed by atoms with Crippen molar-refractivity contribution in [1.82, 2.24) is 15.5 Å². The first-order valence-electron chi connectivity index (χ1n) is 6.49. The predicted molar refractivity (Wildman–Crippen MR) is 78.5 cm³/mol. The molecule has 0 amide bonds. The van der Waals surface area contributed by atoms with Crippen molar-refractivity contribution in [2.24, 2.45) is 0 Å². The zero-order valence-corrected chi connectivity index (χ0v) is 12.5. The van der Waals surface area contributed by atoms with Crippen LogP contribution in [0.2, 0.25) is 0 Å². The van der Waals surface area contributed by atoms with Gasteiger partial charge in [-0.1, -0.05) is 17.4 Å². The lowest BCUT2D eigenvalue weighted by Gasteiger charge is -2.01. The molecule has 0 unspecified atom stereocenters. The van der Waals surface area contributed by atoms with Crippen LogP contribution in [0.3, 0.4) is 0 Å². The monoisotopic (exact) mass is 295 g/mol. The molecule has 0 saturated heterocycles. The number of hydrogen-bond acceptors (Lipinski definition) is 5. The Labute approximate surface area is 122 Å². The number of hydrogen-bond donors (Lipinski definition) is 1. The minimum Gasteiger partial charge on any atom is -0.383 e. The summed E-state index contributed by atoms with van der Waals surface area (Å²) in [6.45, 7) is 4.18. The van der Waals surface area contributed by atoms with Gasteiger partial charge in [0.05, 0.1) is 6.61 Å². The summed E-state index contributed by atoms with van der Waals surface area (Å²) in [5, 5.41) is 13.0. The van der Waals surface area contributed by atoms with Crippen LogP contribution >= 0.6 is 11.3 Å². The van der Waals surface area contributed by atoms with E-state index in [2.05, 4.69) is 15.5 Å². The number of methoxy groups -OCH3 is 1. The lowest BCUT2D eigenvalue weighted by molar-refractivity contribution is 0.199. The average molecular weight is 295 g/mol. The molecule has 2 rings (SSSR count). The summed E-state index contributed by atoms with van der Waals surface area (Å²) in [4.78, 5) is 0. The fourth-order valence-electron chi connectivity index (χ4n) is 1.75. The maximum Gasteiger partial charge on any atom is 0.150 e. The highest BCUT2D eigenvalue weighted by molar-refractivity contribution is 7.14. The Hall–Kier alpha value is -1.37. The lowest BCUT2D eigenvalue weighted by Crippen LogP contribution is -2.21. The quantitative estimate of drug-likeness (QED) is 0.797. The van der Waals surface area contributed by atoms with Crippen molar-refractivity contribution in [3.8, 4) is 10.6 Å². The third kappa shape index (κ3) is 4.06. The molecule has 2 aromatic rings. The van der Waals surface area contributed by atoms with Crippen molar-refractivity contribution in [3.63, 3.8) is 0 Å². The minimum absolute atomic E-state index is 0.245. The second-order valence-corrected chi connectivity index (χ2v) is 5.54. The van der Waals surface area contributed by atoms with Crippen LogP contribution in [-0.2, 0) is 11.2 Å². The first-order chi connectivity index (χ1) is 9.70. The maximum atomic E-state index is 13.8. The van der Waals surface area contributed by atoms with Crippen molar-refractivity contribution in [2.45, 2.75) is 13.3 Å². The highest BCUT2D eigenvalue weighted by atomic mass is 32.1. The smallest absolute Gasteiger partial charge is 0.150 e. The van der Waals surface area contributed by atoms with Gasteiger partial charge in [-0.15, -0.1) is 10.2 Å². The number of halogens is 1. The van der Waals surface area contributed by atoms with E-state index in [1.54, 1.807) is 13.2 Å². The summed E-state index contributed by atoms with van der Waals surface area (Å²) < 4.78 is 18.8. The van der Waals surface area contributed by atoms with E-state index in [4.69, 9.17) is 4.74 Å². The van der Waals surface area contributed by atoms with Gasteiger partial charge < -0.3 is 10.1 Å². The topological polar surface area (TPSA) is 47.0 Å². The van der Waals surface area contributed by atoms with Gasteiger partial charge in [0.1, 0.15) is 10.8 Å². The second-order valence-electron chi connectivity index (χ2n) is 4.48. The molecule has 0 aliphatic heterocycles. The van der Waals surface area contributed by atoms with Crippen molar-refractivity contribution >= 4 is 11.3 Å². The molecular formula is C14H18FN3OS. The summed E-state index contributed by atoms with van der Waals surface area (Å²) in [6.07, 6.45) is 0.787. The molecular weight excluding hydrogens is 277 g/mol. The zero-order valence-electron chi connectivity index (χ0n) is 11.6. The first kappa shape index (κ1) is 15.0. The van der Waals surface area contributed by atoms with Gasteiger partial charge in [-0.25, -0.2) is 4.39 Å². The van der Waals surface area contributed by atoms with E-state index in [0.717, 1.165) is 30.1 Å². The molecule has 0 atom stereocenters. The summed E-state index contributed by atoms with van der Waals surface area (Å²) in [5.41, 5.74) is 1.42. The van der Waals surface area contributed by atoms with Crippen molar-refractivity contribution in [1.29, 1.82) is 0 Å². The molecule has 1 heterocycles. The minimum atomic E-state index is -0.245. The highest BCUT2D eigenvalue weighted by Crippen LogP contribution is 2.26. The molecule has 108 valence electrons. The molecule has 0 fully saturated rings. The van der Waals surface area contributed by atoms with Crippen LogP contribution in [0.4, 0.5) is 4.39 Å². The number of aryl methyl sites for hydroxylation is 1. The van der Waals surface area contributed by atoms with E-state index >= 15 is 0 Å². The number of nitrogens with one attached hydrogen (secondary N) is 1. The molecule has 0 bridgehead atoms. The lowest BCUT2D eigenvalue weighted by atomic mass is 10.1. The van der Waals surface area contributed by atoms with Gasteiger partial charge in [-0.05, 0) is 24.6 Å². The average Bonchev–Trinajstić information content (AvgIpc) is 2.87. The van der Waals surface area contributed by atoms with Crippen LogP contribution in [0.1, 0.15) is 10.6 Å². The third-order valence-electron chi connectivity index (χ3n) is 2.82. The Morgan fingerprint density at radius 1 is 1.30 bits per heavy atom. The number of nitrogens with zero attached hydrogens (tertiary/aromatic N) is 2. The van der Waals surface area contributed by atoms with Crippen molar-refractivity contribution in [2.75, 3.05) is 26.8 Å². The Morgan fingerprint density at radius 2 is 2.15 bits per heavy atom. The van der Waals surface area contributed by atoms with Crippen LogP contribution in [-0.4, -0.2) is 37.0 Å². The number of aromatic nitrogens is 2. The van der Waals surface area contributed by atoms with Gasteiger partial charge in [0, 0.05) is 32.2 Å². The van der Waals surface area contributed by atoms with Gasteiger partial charge in [0.15, 0.2) is 5.01 Å². The van der Waals surface area contributed by atoms with E-state index in [0.29, 0.717) is 17.2 Å². The molecule has 0 spiro atoms. The fourth-order valence-corrected chi connectivity index (χ4v) is 2.62. The molecule has 1 N–H and O–H groups in total. The largest absolute Gasteiger partial charge is 0.383 e. The second kappa shape index (κ2) is 7.42. The Kier molecular flexibility index (Phi) is 5.58. The Bertz CT molecular complexity index is 559. The number of benzene rings is 1. The normalized spacial score (nSPS) is 10.9. The van der Waals surface area contributed by atoms with E-state index in [1.807, 2.05) is 13.0 Å². The van der Waals surface area contributed by atoms with Crippen molar-refractivity contribution < 1.29 is 9.13 Å². The van der Waals surface area contributed by atoms with E-state index < -0.39 is 0 Å². The molecule has 1 aromatic heterocycles. The highest BCUT2D eigenvalue weighted by Gasteiger charge is 2.11. The van der Waals surface area contributed by atoms with Crippen molar-refractivity contribution in [3.05, 3.63) is 34.6 Å². The van der Waals surface area contributed by atoms with Crippen LogP contribution in [0.5, 0.6) is 0 Å². The van der Waals surface area contributed by atoms with Gasteiger partial charge in [0.25, 0.3) is 0 Å². The molecule has 4 nitrogen and oxygen atoms in total. The van der Waals surface area contributed by atoms with Gasteiger partial charge in [-0.3, -0.25) is 0 Å². The molecule has 0 saturated carbocycles. The van der Waals surface area contributed by atoms with Gasteiger partial charge >= 0.3 is 0 Å². The fraction of sp³-hybridized carbons (Fsp3) is 0.429. The van der Waals surface area contributed by atoms with Crippen LogP contribution in [0.25, 0.3) is 10.6 Å². The Balaban J connectivity index is 1.95. The van der Waals surface area contributed by atoms with Crippen LogP contribution in [0, 0.1) is 12.7 Å². The van der Waals surface area contributed by atoms with Gasteiger partial charge in [0.2, 0.25) is 0 Å². The molecule has 20 heavy (non-hydrogen) atoms. The third-order valence-corrected chi connectivity index (χ3v) is 3.84. The molecule has 6 heteroatoms. The zero-order chi connectivity index (χ0) is 14.4. The molecule has 1 aromatic carbocycles. The summed E-state index contributed by atoms with van der Waals surface area (Å²) in [5.74, 6) is -0.245. The SMILES string of the molecule is COCCNCCc1nnc(-c2ccc(C)cc2F)s1. The molecule has 0 aliphatic rings. The number of ether oxygens (including phenoxy) is 1. The first-order valence-corrected chi connectivity index (χ1v) is 7.31. The summed E-state index contributed by atoms with van der Waals surface area (Å²) in [6, 6.07) is 5.15. The van der Waals surface area contributed by atoms with E-state index in [9.17, 15) is 4.39 Å². The summed E-state index contributed by atoms with van der Waals surface area (Å²) in [7, 11) is 1.68.